The minimum absolute atomic E-state index is 0.0309. The van der Waals surface area contributed by atoms with Crippen molar-refractivity contribution in [3.8, 4) is 11.5 Å². The number of carbonyl (C=O) groups excluding carboxylic acids is 1. The summed E-state index contributed by atoms with van der Waals surface area (Å²) < 4.78 is 10.1. The van der Waals surface area contributed by atoms with Gasteiger partial charge in [-0.2, -0.15) is 0 Å². The SMILES string of the molecule is C/C=C(\C)C(=O)OCC(O)(CO)c1cc(OC)c(C)cc1O. The van der Waals surface area contributed by atoms with Crippen LogP contribution in [0.3, 0.4) is 0 Å². The number of phenolic OH excluding ortho intramolecular Hbond substituents is 1. The number of allylic oxidation sites excluding steroid dienone is 1. The van der Waals surface area contributed by atoms with Crippen LogP contribution in [0.2, 0.25) is 0 Å². The van der Waals surface area contributed by atoms with Gasteiger partial charge in [0.2, 0.25) is 0 Å². The number of methoxy groups -OCH3 is 1. The summed E-state index contributed by atoms with van der Waals surface area (Å²) in [6.07, 6.45) is 1.58. The first-order valence-electron chi connectivity index (χ1n) is 6.80. The lowest BCUT2D eigenvalue weighted by molar-refractivity contribution is -0.150. The number of benzene rings is 1. The Morgan fingerprint density at radius 2 is 2.05 bits per heavy atom. The average Bonchev–Trinajstić information content (AvgIpc) is 2.51. The number of hydrogen-bond acceptors (Lipinski definition) is 6. The molecule has 1 aromatic rings. The molecular weight excluding hydrogens is 288 g/mol. The summed E-state index contributed by atoms with van der Waals surface area (Å²) >= 11 is 0. The van der Waals surface area contributed by atoms with Crippen molar-refractivity contribution in [1.82, 2.24) is 0 Å². The fourth-order valence-corrected chi connectivity index (χ4v) is 1.89. The van der Waals surface area contributed by atoms with E-state index >= 15 is 0 Å². The number of hydrogen-bond donors (Lipinski definition) is 3. The maximum absolute atomic E-state index is 11.7. The van der Waals surface area contributed by atoms with Crippen molar-refractivity contribution >= 4 is 5.97 Å². The molecule has 0 saturated carbocycles. The van der Waals surface area contributed by atoms with E-state index in [0.29, 0.717) is 16.9 Å². The normalized spacial score (nSPS) is 14.4. The highest BCUT2D eigenvalue weighted by Gasteiger charge is 2.34. The lowest BCUT2D eigenvalue weighted by Crippen LogP contribution is -2.37. The first-order valence-corrected chi connectivity index (χ1v) is 6.80. The molecule has 1 atom stereocenters. The van der Waals surface area contributed by atoms with Crippen molar-refractivity contribution in [2.75, 3.05) is 20.3 Å². The summed E-state index contributed by atoms with van der Waals surface area (Å²) in [5.74, 6) is -0.378. The molecule has 0 radical (unpaired) electrons. The van der Waals surface area contributed by atoms with E-state index in [1.54, 1.807) is 26.8 Å². The summed E-state index contributed by atoms with van der Waals surface area (Å²) in [5.41, 5.74) is -0.838. The number of rotatable bonds is 6. The van der Waals surface area contributed by atoms with Crippen LogP contribution in [0.4, 0.5) is 0 Å². The molecule has 1 unspecified atom stereocenters. The number of aromatic hydroxyl groups is 1. The summed E-state index contributed by atoms with van der Waals surface area (Å²) in [6.45, 7) is 3.77. The smallest absolute Gasteiger partial charge is 0.333 e. The predicted octanol–water partition coefficient (Wildman–Crippen LogP) is 1.40. The van der Waals surface area contributed by atoms with Crippen molar-refractivity contribution in [3.63, 3.8) is 0 Å². The van der Waals surface area contributed by atoms with Gasteiger partial charge in [0.25, 0.3) is 0 Å². The lowest BCUT2D eigenvalue weighted by Gasteiger charge is -2.27. The van der Waals surface area contributed by atoms with Crippen LogP contribution in [0.1, 0.15) is 25.0 Å². The highest BCUT2D eigenvalue weighted by Crippen LogP contribution is 2.35. The molecule has 1 aromatic carbocycles. The van der Waals surface area contributed by atoms with Gasteiger partial charge in [0.05, 0.1) is 13.7 Å². The lowest BCUT2D eigenvalue weighted by atomic mass is 9.93. The molecule has 0 spiro atoms. The molecule has 0 aliphatic carbocycles. The third-order valence-corrected chi connectivity index (χ3v) is 3.47. The molecule has 6 nitrogen and oxygen atoms in total. The second-order valence-electron chi connectivity index (χ2n) is 5.08. The highest BCUT2D eigenvalue weighted by atomic mass is 16.5. The minimum atomic E-state index is -1.92. The van der Waals surface area contributed by atoms with Gasteiger partial charge in [0.1, 0.15) is 18.1 Å². The average molecular weight is 310 g/mol. The molecule has 0 aliphatic rings. The first-order chi connectivity index (χ1) is 10.3. The van der Waals surface area contributed by atoms with E-state index in [4.69, 9.17) is 9.47 Å². The molecule has 6 heteroatoms. The van der Waals surface area contributed by atoms with Crippen molar-refractivity contribution < 1.29 is 29.6 Å². The zero-order valence-corrected chi connectivity index (χ0v) is 13.2. The third-order valence-electron chi connectivity index (χ3n) is 3.47. The van der Waals surface area contributed by atoms with Crippen molar-refractivity contribution in [1.29, 1.82) is 0 Å². The number of aliphatic hydroxyl groups excluding tert-OH is 1. The number of aryl methyl sites for hydroxylation is 1. The number of phenols is 1. The van der Waals surface area contributed by atoms with Crippen molar-refractivity contribution in [2.45, 2.75) is 26.4 Å². The molecule has 22 heavy (non-hydrogen) atoms. The van der Waals surface area contributed by atoms with Crippen LogP contribution in [0.5, 0.6) is 11.5 Å². The van der Waals surface area contributed by atoms with E-state index in [0.717, 1.165) is 0 Å². The van der Waals surface area contributed by atoms with E-state index in [-0.39, 0.29) is 11.3 Å². The van der Waals surface area contributed by atoms with E-state index in [1.807, 2.05) is 0 Å². The van der Waals surface area contributed by atoms with Crippen LogP contribution in [0.25, 0.3) is 0 Å². The van der Waals surface area contributed by atoms with Gasteiger partial charge in [-0.3, -0.25) is 0 Å². The second kappa shape index (κ2) is 7.29. The van der Waals surface area contributed by atoms with Crippen LogP contribution < -0.4 is 4.74 Å². The highest BCUT2D eigenvalue weighted by molar-refractivity contribution is 5.87. The fraction of sp³-hybridized carbons (Fsp3) is 0.438. The maximum Gasteiger partial charge on any atom is 0.333 e. The van der Waals surface area contributed by atoms with Crippen LogP contribution in [0, 0.1) is 6.92 Å². The van der Waals surface area contributed by atoms with Gasteiger partial charge in [-0.1, -0.05) is 6.08 Å². The van der Waals surface area contributed by atoms with Crippen LogP contribution in [-0.4, -0.2) is 41.6 Å². The number of ether oxygens (including phenoxy) is 2. The van der Waals surface area contributed by atoms with Crippen molar-refractivity contribution in [2.24, 2.45) is 0 Å². The number of carbonyl (C=O) groups is 1. The van der Waals surface area contributed by atoms with Crippen LogP contribution in [-0.2, 0) is 15.1 Å². The van der Waals surface area contributed by atoms with E-state index in [9.17, 15) is 20.1 Å². The van der Waals surface area contributed by atoms with Gasteiger partial charge in [-0.05, 0) is 38.5 Å². The molecular formula is C16H22O6. The molecule has 0 aromatic heterocycles. The maximum atomic E-state index is 11.7. The number of esters is 1. The first kappa shape index (κ1) is 18.0. The largest absolute Gasteiger partial charge is 0.508 e. The standard InChI is InChI=1S/C16H22O6/c1-5-10(2)15(19)22-9-16(20,8-17)12-7-14(21-4)11(3)6-13(12)18/h5-7,17-18,20H,8-9H2,1-4H3/b10-5+. The van der Waals surface area contributed by atoms with Gasteiger partial charge in [-0.25, -0.2) is 4.79 Å². The molecule has 122 valence electrons. The summed E-state index contributed by atoms with van der Waals surface area (Å²) in [7, 11) is 1.45. The van der Waals surface area contributed by atoms with E-state index in [1.165, 1.54) is 19.2 Å². The Morgan fingerprint density at radius 1 is 1.41 bits per heavy atom. The van der Waals surface area contributed by atoms with Gasteiger partial charge in [0.15, 0.2) is 5.60 Å². The molecule has 0 amide bonds. The fourth-order valence-electron chi connectivity index (χ4n) is 1.89. The quantitative estimate of drug-likeness (QED) is 0.543. The monoisotopic (exact) mass is 310 g/mol. The van der Waals surface area contributed by atoms with Gasteiger partial charge < -0.3 is 24.8 Å². The molecule has 3 N–H and O–H groups in total. The Bertz CT molecular complexity index is 578. The van der Waals surface area contributed by atoms with Crippen molar-refractivity contribution in [3.05, 3.63) is 34.9 Å². The van der Waals surface area contributed by atoms with E-state index < -0.39 is 24.8 Å². The third kappa shape index (κ3) is 3.78. The molecule has 1 rings (SSSR count). The van der Waals surface area contributed by atoms with Gasteiger partial charge in [-0.15, -0.1) is 0 Å². The Balaban J connectivity index is 3.10. The molecule has 0 heterocycles. The van der Waals surface area contributed by atoms with Gasteiger partial charge >= 0.3 is 5.97 Å². The molecule has 0 fully saturated rings. The molecule has 0 bridgehead atoms. The Kier molecular flexibility index (Phi) is 5.96. The Hall–Kier alpha value is -2.05. The molecule has 0 aliphatic heterocycles. The van der Waals surface area contributed by atoms with Gasteiger partial charge in [0, 0.05) is 11.1 Å². The van der Waals surface area contributed by atoms with Crippen LogP contribution >= 0.6 is 0 Å². The molecule has 0 saturated heterocycles. The summed E-state index contributed by atoms with van der Waals surface area (Å²) in [4.78, 5) is 11.7. The van der Waals surface area contributed by atoms with Crippen LogP contribution in [0.15, 0.2) is 23.8 Å². The zero-order chi connectivity index (χ0) is 16.9. The summed E-state index contributed by atoms with van der Waals surface area (Å²) in [5, 5.41) is 30.0. The Morgan fingerprint density at radius 3 is 2.55 bits per heavy atom. The van der Waals surface area contributed by atoms with E-state index in [2.05, 4.69) is 0 Å². The minimum Gasteiger partial charge on any atom is -0.508 e. The zero-order valence-electron chi connectivity index (χ0n) is 13.2. The summed E-state index contributed by atoms with van der Waals surface area (Å²) in [6, 6.07) is 2.82. The Labute approximate surface area is 129 Å². The topological polar surface area (TPSA) is 96.2 Å². The number of aliphatic hydroxyl groups is 2. The second-order valence-corrected chi connectivity index (χ2v) is 5.08. The predicted molar refractivity (Wildman–Crippen MR) is 80.8 cm³/mol.